The third-order valence-electron chi connectivity index (χ3n) is 1.57. The molecule has 0 saturated carbocycles. The lowest BCUT2D eigenvalue weighted by atomic mass is 10.3. The number of anilines is 1. The van der Waals surface area contributed by atoms with Gasteiger partial charge in [-0.25, -0.2) is 0 Å². The van der Waals surface area contributed by atoms with E-state index in [4.69, 9.17) is 5.73 Å². The fourth-order valence-corrected chi connectivity index (χ4v) is 1.48. The van der Waals surface area contributed by atoms with Crippen molar-refractivity contribution >= 4 is 17.2 Å². The van der Waals surface area contributed by atoms with Crippen molar-refractivity contribution in [2.45, 2.75) is 0 Å². The lowest BCUT2D eigenvalue weighted by molar-refractivity contribution is 0.773. The van der Waals surface area contributed by atoms with Crippen molar-refractivity contribution in [2.75, 3.05) is 5.73 Å². The standard InChI is InChI=1S/C6H7N5S/c1-11-6(4(7)2-8-11)5-3-12-10-9-5/h2-3H,7H2,1H3. The van der Waals surface area contributed by atoms with Crippen LogP contribution in [-0.4, -0.2) is 19.4 Å². The Kier molecular flexibility index (Phi) is 1.54. The number of nitrogen functional groups attached to an aromatic ring is 1. The molecule has 2 aromatic rings. The molecule has 5 nitrogen and oxygen atoms in total. The first-order valence-electron chi connectivity index (χ1n) is 3.34. The predicted molar refractivity (Wildman–Crippen MR) is 46.5 cm³/mol. The molecule has 0 aliphatic carbocycles. The molecule has 0 spiro atoms. The number of hydrogen-bond acceptors (Lipinski definition) is 5. The Labute approximate surface area is 73.0 Å². The summed E-state index contributed by atoms with van der Waals surface area (Å²) in [6.07, 6.45) is 1.61. The molecule has 0 saturated heterocycles. The van der Waals surface area contributed by atoms with Crippen molar-refractivity contribution in [1.29, 1.82) is 0 Å². The second kappa shape index (κ2) is 2.56. The van der Waals surface area contributed by atoms with E-state index in [0.717, 1.165) is 11.4 Å². The van der Waals surface area contributed by atoms with Gasteiger partial charge in [0, 0.05) is 12.4 Å². The van der Waals surface area contributed by atoms with Crippen molar-refractivity contribution < 1.29 is 0 Å². The zero-order chi connectivity index (χ0) is 8.55. The van der Waals surface area contributed by atoms with E-state index in [2.05, 4.69) is 14.7 Å². The van der Waals surface area contributed by atoms with Gasteiger partial charge in [0.05, 0.1) is 11.9 Å². The fraction of sp³-hybridized carbons (Fsp3) is 0.167. The zero-order valence-corrected chi connectivity index (χ0v) is 7.25. The third kappa shape index (κ3) is 0.964. The maximum Gasteiger partial charge on any atom is 0.126 e. The smallest absolute Gasteiger partial charge is 0.126 e. The summed E-state index contributed by atoms with van der Waals surface area (Å²) in [5.41, 5.74) is 7.91. The van der Waals surface area contributed by atoms with Crippen LogP contribution >= 0.6 is 11.5 Å². The highest BCUT2D eigenvalue weighted by Crippen LogP contribution is 2.22. The van der Waals surface area contributed by atoms with Gasteiger partial charge in [0.1, 0.15) is 11.4 Å². The van der Waals surface area contributed by atoms with Crippen LogP contribution in [0.25, 0.3) is 11.4 Å². The minimum absolute atomic E-state index is 0.630. The average Bonchev–Trinajstić information content (AvgIpc) is 2.61. The molecular weight excluding hydrogens is 174 g/mol. The Hall–Kier alpha value is -1.43. The molecule has 2 N–H and O–H groups in total. The molecule has 0 aromatic carbocycles. The molecule has 0 bridgehead atoms. The molecule has 0 aliphatic rings. The molecule has 0 amide bonds. The normalized spacial score (nSPS) is 10.4. The van der Waals surface area contributed by atoms with Gasteiger partial charge >= 0.3 is 0 Å². The van der Waals surface area contributed by atoms with E-state index >= 15 is 0 Å². The highest BCUT2D eigenvalue weighted by Gasteiger charge is 2.09. The van der Waals surface area contributed by atoms with Gasteiger partial charge in [-0.1, -0.05) is 4.49 Å². The van der Waals surface area contributed by atoms with E-state index in [1.807, 2.05) is 12.4 Å². The van der Waals surface area contributed by atoms with Gasteiger partial charge in [-0.15, -0.1) is 5.10 Å². The second-order valence-electron chi connectivity index (χ2n) is 2.36. The lowest BCUT2D eigenvalue weighted by Crippen LogP contribution is -1.95. The van der Waals surface area contributed by atoms with E-state index in [1.165, 1.54) is 11.5 Å². The summed E-state index contributed by atoms with van der Waals surface area (Å²) < 4.78 is 5.44. The van der Waals surface area contributed by atoms with Crippen LogP contribution in [0.15, 0.2) is 11.6 Å². The van der Waals surface area contributed by atoms with Gasteiger partial charge in [0.25, 0.3) is 0 Å². The number of nitrogens with zero attached hydrogens (tertiary/aromatic N) is 4. The molecule has 6 heteroatoms. The van der Waals surface area contributed by atoms with Crippen LogP contribution in [0.2, 0.25) is 0 Å². The Morgan fingerprint density at radius 1 is 1.58 bits per heavy atom. The SMILES string of the molecule is Cn1ncc(N)c1-c1csnn1. The molecular formula is C6H7N5S. The van der Waals surface area contributed by atoms with E-state index in [9.17, 15) is 0 Å². The van der Waals surface area contributed by atoms with Gasteiger partial charge in [-0.3, -0.25) is 4.68 Å². The summed E-state index contributed by atoms with van der Waals surface area (Å²) in [4.78, 5) is 0. The molecule has 2 heterocycles. The summed E-state index contributed by atoms with van der Waals surface area (Å²) in [6, 6.07) is 0. The first-order chi connectivity index (χ1) is 5.79. The summed E-state index contributed by atoms with van der Waals surface area (Å²) in [6.45, 7) is 0. The molecule has 62 valence electrons. The van der Waals surface area contributed by atoms with Crippen LogP contribution in [0.3, 0.4) is 0 Å². The van der Waals surface area contributed by atoms with E-state index in [1.54, 1.807) is 10.9 Å². The first-order valence-corrected chi connectivity index (χ1v) is 4.17. The molecule has 0 unspecified atom stereocenters. The van der Waals surface area contributed by atoms with E-state index in [-0.39, 0.29) is 0 Å². The Morgan fingerprint density at radius 2 is 2.42 bits per heavy atom. The molecule has 0 aliphatic heterocycles. The summed E-state index contributed by atoms with van der Waals surface area (Å²) in [5.74, 6) is 0. The molecule has 0 atom stereocenters. The molecule has 0 radical (unpaired) electrons. The van der Waals surface area contributed by atoms with Crippen LogP contribution in [0, 0.1) is 0 Å². The molecule has 2 rings (SSSR count). The first kappa shape index (κ1) is 7.23. The average molecular weight is 181 g/mol. The van der Waals surface area contributed by atoms with E-state index < -0.39 is 0 Å². The van der Waals surface area contributed by atoms with Gasteiger partial charge in [0.2, 0.25) is 0 Å². The van der Waals surface area contributed by atoms with E-state index in [0.29, 0.717) is 5.69 Å². The number of rotatable bonds is 1. The van der Waals surface area contributed by atoms with Crippen molar-refractivity contribution in [3.63, 3.8) is 0 Å². The van der Waals surface area contributed by atoms with Gasteiger partial charge in [-0.05, 0) is 11.5 Å². The summed E-state index contributed by atoms with van der Waals surface area (Å²) in [7, 11) is 1.82. The minimum atomic E-state index is 0.630. The largest absolute Gasteiger partial charge is 0.396 e. The predicted octanol–water partition coefficient (Wildman–Crippen LogP) is 0.521. The van der Waals surface area contributed by atoms with Crippen LogP contribution in [0.1, 0.15) is 0 Å². The quantitative estimate of drug-likeness (QED) is 0.696. The number of aromatic nitrogens is 4. The van der Waals surface area contributed by atoms with Crippen molar-refractivity contribution in [2.24, 2.45) is 7.05 Å². The topological polar surface area (TPSA) is 69.6 Å². The van der Waals surface area contributed by atoms with Crippen LogP contribution in [0.5, 0.6) is 0 Å². The van der Waals surface area contributed by atoms with Crippen LogP contribution < -0.4 is 5.73 Å². The maximum atomic E-state index is 5.69. The van der Waals surface area contributed by atoms with Gasteiger partial charge in [-0.2, -0.15) is 5.10 Å². The van der Waals surface area contributed by atoms with Crippen molar-refractivity contribution in [3.8, 4) is 11.4 Å². The molecule has 12 heavy (non-hydrogen) atoms. The van der Waals surface area contributed by atoms with Crippen LogP contribution in [-0.2, 0) is 7.05 Å². The second-order valence-corrected chi connectivity index (χ2v) is 2.97. The fourth-order valence-electron chi connectivity index (χ4n) is 1.04. The Balaban J connectivity index is 2.60. The zero-order valence-electron chi connectivity index (χ0n) is 6.43. The molecule has 2 aromatic heterocycles. The minimum Gasteiger partial charge on any atom is -0.396 e. The van der Waals surface area contributed by atoms with Crippen molar-refractivity contribution in [1.82, 2.24) is 19.4 Å². The summed E-state index contributed by atoms with van der Waals surface area (Å²) in [5, 5.41) is 9.75. The summed E-state index contributed by atoms with van der Waals surface area (Å²) >= 11 is 1.30. The molecule has 0 fully saturated rings. The Bertz CT molecular complexity index is 357. The maximum absolute atomic E-state index is 5.69. The number of nitrogens with two attached hydrogens (primary N) is 1. The monoisotopic (exact) mass is 181 g/mol. The highest BCUT2D eigenvalue weighted by atomic mass is 32.1. The van der Waals surface area contributed by atoms with Gasteiger partial charge < -0.3 is 5.73 Å². The van der Waals surface area contributed by atoms with Crippen LogP contribution in [0.4, 0.5) is 5.69 Å². The van der Waals surface area contributed by atoms with Crippen molar-refractivity contribution in [3.05, 3.63) is 11.6 Å². The Morgan fingerprint density at radius 3 is 2.92 bits per heavy atom. The lowest BCUT2D eigenvalue weighted by Gasteiger charge is -1.96. The third-order valence-corrected chi connectivity index (χ3v) is 2.07. The van der Waals surface area contributed by atoms with Gasteiger partial charge in [0.15, 0.2) is 0 Å². The highest BCUT2D eigenvalue weighted by molar-refractivity contribution is 7.03. The number of hydrogen-bond donors (Lipinski definition) is 1. The number of aryl methyl sites for hydroxylation is 1.